The van der Waals surface area contributed by atoms with Crippen molar-refractivity contribution < 1.29 is 4.79 Å². The molecule has 1 N–H and O–H groups in total. The summed E-state index contributed by atoms with van der Waals surface area (Å²) in [6.45, 7) is 0. The van der Waals surface area contributed by atoms with E-state index < -0.39 is 0 Å². The molecule has 0 radical (unpaired) electrons. The van der Waals surface area contributed by atoms with E-state index in [1.807, 2.05) is 6.07 Å². The van der Waals surface area contributed by atoms with Gasteiger partial charge in [0.15, 0.2) is 5.82 Å². The van der Waals surface area contributed by atoms with Gasteiger partial charge in [-0.1, -0.05) is 0 Å². The van der Waals surface area contributed by atoms with Gasteiger partial charge in [-0.2, -0.15) is 5.10 Å². The maximum atomic E-state index is 12.1. The number of aromatic nitrogens is 4. The summed E-state index contributed by atoms with van der Waals surface area (Å²) in [4.78, 5) is 20.4. The van der Waals surface area contributed by atoms with E-state index in [4.69, 9.17) is 0 Å². The van der Waals surface area contributed by atoms with E-state index in [1.54, 1.807) is 53.7 Å². The number of pyridine rings is 2. The molecule has 0 saturated carbocycles. The molecule has 3 aromatic rings. The molecule has 6 nitrogen and oxygen atoms in total. The second kappa shape index (κ2) is 5.84. The molecule has 104 valence electrons. The number of halogens is 1. The Morgan fingerprint density at radius 2 is 2.05 bits per heavy atom. The summed E-state index contributed by atoms with van der Waals surface area (Å²) in [6, 6.07) is 8.76. The highest BCUT2D eigenvalue weighted by Crippen LogP contribution is 2.15. The number of hydrogen-bond acceptors (Lipinski definition) is 4. The van der Waals surface area contributed by atoms with Crippen LogP contribution in [0, 0.1) is 0 Å². The van der Waals surface area contributed by atoms with Crippen LogP contribution in [0.1, 0.15) is 10.4 Å². The number of nitrogens with zero attached hydrogens (tertiary/aromatic N) is 4. The van der Waals surface area contributed by atoms with Crippen LogP contribution in [-0.4, -0.2) is 25.7 Å². The maximum absolute atomic E-state index is 12.1. The van der Waals surface area contributed by atoms with Crippen molar-refractivity contribution in [3.8, 4) is 5.82 Å². The van der Waals surface area contributed by atoms with Gasteiger partial charge in [-0.3, -0.25) is 4.79 Å². The summed E-state index contributed by atoms with van der Waals surface area (Å²) in [7, 11) is 0. The van der Waals surface area contributed by atoms with Crippen molar-refractivity contribution in [1.82, 2.24) is 19.7 Å². The van der Waals surface area contributed by atoms with Crippen LogP contribution < -0.4 is 5.32 Å². The van der Waals surface area contributed by atoms with Crippen LogP contribution >= 0.6 is 15.9 Å². The quantitative estimate of drug-likeness (QED) is 0.742. The summed E-state index contributed by atoms with van der Waals surface area (Å²) >= 11 is 3.25. The smallest absolute Gasteiger partial charge is 0.258 e. The van der Waals surface area contributed by atoms with E-state index in [9.17, 15) is 4.79 Å². The van der Waals surface area contributed by atoms with Crippen LogP contribution in [0.15, 0.2) is 59.7 Å². The Labute approximate surface area is 129 Å². The van der Waals surface area contributed by atoms with Gasteiger partial charge in [0.05, 0.1) is 17.4 Å². The normalized spacial score (nSPS) is 10.3. The number of hydrogen-bond donors (Lipinski definition) is 1. The number of carbonyl (C=O) groups is 1. The largest absolute Gasteiger partial charge is 0.321 e. The van der Waals surface area contributed by atoms with Crippen molar-refractivity contribution in [3.05, 3.63) is 65.3 Å². The predicted octanol–water partition coefficient (Wildman–Crippen LogP) is 2.68. The number of nitrogens with one attached hydrogen (secondary N) is 1. The van der Waals surface area contributed by atoms with Gasteiger partial charge in [-0.05, 0) is 46.3 Å². The molecule has 0 unspecified atom stereocenters. The highest BCUT2D eigenvalue weighted by molar-refractivity contribution is 9.10. The van der Waals surface area contributed by atoms with Crippen LogP contribution in [0.3, 0.4) is 0 Å². The lowest BCUT2D eigenvalue weighted by Crippen LogP contribution is -2.13. The number of anilines is 1. The van der Waals surface area contributed by atoms with E-state index in [1.165, 1.54) is 0 Å². The molecule has 7 heteroatoms. The molecular formula is C14H10BrN5O. The van der Waals surface area contributed by atoms with E-state index in [0.717, 1.165) is 0 Å². The van der Waals surface area contributed by atoms with E-state index in [-0.39, 0.29) is 5.91 Å². The van der Waals surface area contributed by atoms with E-state index in [2.05, 4.69) is 36.3 Å². The number of amides is 1. The predicted molar refractivity (Wildman–Crippen MR) is 81.2 cm³/mol. The lowest BCUT2D eigenvalue weighted by molar-refractivity contribution is 0.102. The topological polar surface area (TPSA) is 72.7 Å². The van der Waals surface area contributed by atoms with Crippen molar-refractivity contribution in [2.24, 2.45) is 0 Å². The van der Waals surface area contributed by atoms with Crippen molar-refractivity contribution in [3.63, 3.8) is 0 Å². The van der Waals surface area contributed by atoms with Crippen molar-refractivity contribution in [2.45, 2.75) is 0 Å². The fourth-order valence-corrected chi connectivity index (χ4v) is 2.18. The minimum absolute atomic E-state index is 0.247. The zero-order chi connectivity index (χ0) is 14.7. The van der Waals surface area contributed by atoms with Crippen LogP contribution in [0.4, 0.5) is 5.69 Å². The molecule has 1 amide bonds. The molecule has 0 atom stereocenters. The highest BCUT2D eigenvalue weighted by Gasteiger charge is 2.10. The van der Waals surface area contributed by atoms with Crippen molar-refractivity contribution in [2.75, 3.05) is 5.32 Å². The standard InChI is InChI=1S/C14H10BrN5O/c15-13-11(3-1-6-16-13)14(21)19-10-4-5-12(17-9-10)20-8-2-7-18-20/h1-9H,(H,19,21). The first-order valence-corrected chi connectivity index (χ1v) is 6.91. The summed E-state index contributed by atoms with van der Waals surface area (Å²) in [5.74, 6) is 0.434. The molecule has 3 rings (SSSR count). The number of carbonyl (C=O) groups excluding carboxylic acids is 1. The Hall–Kier alpha value is -2.54. The van der Waals surface area contributed by atoms with Crippen LogP contribution in [0.2, 0.25) is 0 Å². The minimum Gasteiger partial charge on any atom is -0.321 e. The van der Waals surface area contributed by atoms with Crippen LogP contribution in [0.5, 0.6) is 0 Å². The van der Waals surface area contributed by atoms with Gasteiger partial charge in [0.1, 0.15) is 4.60 Å². The lowest BCUT2D eigenvalue weighted by atomic mass is 10.2. The average molecular weight is 344 g/mol. The van der Waals surface area contributed by atoms with Crippen molar-refractivity contribution in [1.29, 1.82) is 0 Å². The van der Waals surface area contributed by atoms with Crippen LogP contribution in [0.25, 0.3) is 5.82 Å². The molecule has 0 bridgehead atoms. The van der Waals surface area contributed by atoms with Gasteiger partial charge in [0.2, 0.25) is 0 Å². The molecule has 0 aromatic carbocycles. The third kappa shape index (κ3) is 2.97. The average Bonchev–Trinajstić information content (AvgIpc) is 3.02. The van der Waals surface area contributed by atoms with Gasteiger partial charge < -0.3 is 5.32 Å². The molecule has 0 fully saturated rings. The molecule has 3 aromatic heterocycles. The van der Waals surface area contributed by atoms with Crippen LogP contribution in [-0.2, 0) is 0 Å². The maximum Gasteiger partial charge on any atom is 0.258 e. The lowest BCUT2D eigenvalue weighted by Gasteiger charge is -2.07. The Bertz CT molecular complexity index is 755. The van der Waals surface area contributed by atoms with Gasteiger partial charge in [0.25, 0.3) is 5.91 Å². The summed E-state index contributed by atoms with van der Waals surface area (Å²) in [5, 5.41) is 6.86. The third-order valence-corrected chi connectivity index (χ3v) is 3.38. The van der Waals surface area contributed by atoms with Crippen molar-refractivity contribution >= 4 is 27.5 Å². The summed E-state index contributed by atoms with van der Waals surface area (Å²) in [6.07, 6.45) is 6.67. The van der Waals surface area contributed by atoms with E-state index in [0.29, 0.717) is 21.7 Å². The van der Waals surface area contributed by atoms with Gasteiger partial charge in [0, 0.05) is 18.6 Å². The Kier molecular flexibility index (Phi) is 3.74. The van der Waals surface area contributed by atoms with Gasteiger partial charge in [-0.25, -0.2) is 14.6 Å². The van der Waals surface area contributed by atoms with E-state index >= 15 is 0 Å². The zero-order valence-corrected chi connectivity index (χ0v) is 12.4. The molecule has 0 saturated heterocycles. The summed E-state index contributed by atoms with van der Waals surface area (Å²) < 4.78 is 2.15. The molecule has 0 spiro atoms. The third-order valence-electron chi connectivity index (χ3n) is 2.75. The Morgan fingerprint density at radius 3 is 2.71 bits per heavy atom. The first-order valence-electron chi connectivity index (χ1n) is 6.12. The Balaban J connectivity index is 1.77. The number of rotatable bonds is 3. The Morgan fingerprint density at radius 1 is 1.14 bits per heavy atom. The summed E-state index contributed by atoms with van der Waals surface area (Å²) in [5.41, 5.74) is 1.07. The fraction of sp³-hybridized carbons (Fsp3) is 0. The molecule has 0 aliphatic carbocycles. The van der Waals surface area contributed by atoms with Gasteiger partial charge >= 0.3 is 0 Å². The molecule has 0 aliphatic heterocycles. The second-order valence-corrected chi connectivity index (χ2v) is 4.90. The molecular weight excluding hydrogens is 334 g/mol. The fourth-order valence-electron chi connectivity index (χ4n) is 1.75. The van der Waals surface area contributed by atoms with Gasteiger partial charge in [-0.15, -0.1) is 0 Å². The first kappa shape index (κ1) is 13.4. The molecule has 3 heterocycles. The second-order valence-electron chi connectivity index (χ2n) is 4.15. The SMILES string of the molecule is O=C(Nc1ccc(-n2cccn2)nc1)c1cccnc1Br. The monoisotopic (exact) mass is 343 g/mol. The zero-order valence-electron chi connectivity index (χ0n) is 10.8. The molecule has 0 aliphatic rings. The minimum atomic E-state index is -0.247. The molecule has 21 heavy (non-hydrogen) atoms. The first-order chi connectivity index (χ1) is 10.2. The highest BCUT2D eigenvalue weighted by atomic mass is 79.9.